The van der Waals surface area contributed by atoms with Gasteiger partial charge in [-0.15, -0.1) is 0 Å². The van der Waals surface area contributed by atoms with Crippen LogP contribution in [-0.2, 0) is 4.79 Å². The number of amides is 1. The third-order valence-electron chi connectivity index (χ3n) is 4.09. The van der Waals surface area contributed by atoms with Gasteiger partial charge in [0.1, 0.15) is 0 Å². The topological polar surface area (TPSA) is 49.3 Å². The highest BCUT2D eigenvalue weighted by atomic mass is 16.3. The van der Waals surface area contributed by atoms with Gasteiger partial charge in [-0.2, -0.15) is 0 Å². The smallest absolute Gasteiger partial charge is 0.251 e. The molecule has 1 aliphatic rings. The van der Waals surface area contributed by atoms with Crippen LogP contribution in [0, 0.1) is 10.8 Å². The average molecular weight is 279 g/mol. The molecule has 114 valence electrons. The standard InChI is InChI=1S/C17H29NO2/c1-7-14(12(2)3)15(20)18-11-17(6)9-13(19)8-16(4,5)10-17/h7,13,19H,1,8-11H2,2-6H3,(H,18,20). The lowest BCUT2D eigenvalue weighted by Crippen LogP contribution is -2.45. The molecular formula is C17H29NO2. The summed E-state index contributed by atoms with van der Waals surface area (Å²) in [6.07, 6.45) is 3.92. The van der Waals surface area contributed by atoms with Crippen molar-refractivity contribution in [1.82, 2.24) is 5.32 Å². The van der Waals surface area contributed by atoms with E-state index in [0.717, 1.165) is 24.8 Å². The van der Waals surface area contributed by atoms with Crippen LogP contribution < -0.4 is 5.32 Å². The largest absolute Gasteiger partial charge is 0.393 e. The summed E-state index contributed by atoms with van der Waals surface area (Å²) in [5.74, 6) is -0.0703. The van der Waals surface area contributed by atoms with E-state index in [2.05, 4.69) is 32.7 Å². The summed E-state index contributed by atoms with van der Waals surface area (Å²) in [6, 6.07) is 0. The van der Waals surface area contributed by atoms with Gasteiger partial charge in [-0.25, -0.2) is 0 Å². The van der Waals surface area contributed by atoms with E-state index in [4.69, 9.17) is 0 Å². The first kappa shape index (κ1) is 17.0. The van der Waals surface area contributed by atoms with Gasteiger partial charge in [0.2, 0.25) is 0 Å². The molecular weight excluding hydrogens is 250 g/mol. The molecule has 0 spiro atoms. The second kappa shape index (κ2) is 6.13. The third-order valence-corrected chi connectivity index (χ3v) is 4.09. The van der Waals surface area contributed by atoms with Crippen molar-refractivity contribution in [3.8, 4) is 0 Å². The lowest BCUT2D eigenvalue weighted by Gasteiger charge is -2.45. The second-order valence-corrected chi connectivity index (χ2v) is 7.51. The summed E-state index contributed by atoms with van der Waals surface area (Å²) in [7, 11) is 0. The summed E-state index contributed by atoms with van der Waals surface area (Å²) < 4.78 is 0. The Bertz CT molecular complexity index is 419. The first-order valence-corrected chi connectivity index (χ1v) is 7.35. The minimum Gasteiger partial charge on any atom is -0.393 e. The monoisotopic (exact) mass is 279 g/mol. The van der Waals surface area contributed by atoms with Crippen LogP contribution in [-0.4, -0.2) is 23.7 Å². The number of rotatable bonds is 4. The molecule has 2 N–H and O–H groups in total. The first-order chi connectivity index (χ1) is 9.08. The lowest BCUT2D eigenvalue weighted by atomic mass is 9.63. The van der Waals surface area contributed by atoms with Gasteiger partial charge in [0.25, 0.3) is 5.91 Å². The van der Waals surface area contributed by atoms with Crippen LogP contribution in [0.1, 0.15) is 53.9 Å². The molecule has 2 atom stereocenters. The normalized spacial score (nSPS) is 28.6. The van der Waals surface area contributed by atoms with Crippen molar-refractivity contribution in [2.75, 3.05) is 6.54 Å². The van der Waals surface area contributed by atoms with Crippen LogP contribution in [0.4, 0.5) is 0 Å². The number of hydrogen-bond donors (Lipinski definition) is 2. The minimum atomic E-state index is -0.275. The van der Waals surface area contributed by atoms with E-state index in [0.29, 0.717) is 12.1 Å². The van der Waals surface area contributed by atoms with Crippen LogP contribution in [0.5, 0.6) is 0 Å². The van der Waals surface area contributed by atoms with Gasteiger partial charge in [0.05, 0.1) is 6.10 Å². The van der Waals surface area contributed by atoms with E-state index in [1.165, 1.54) is 0 Å². The third kappa shape index (κ3) is 4.48. The Balaban J connectivity index is 2.71. The molecule has 1 aliphatic carbocycles. The Morgan fingerprint density at radius 1 is 1.35 bits per heavy atom. The summed E-state index contributed by atoms with van der Waals surface area (Å²) in [4.78, 5) is 12.1. The van der Waals surface area contributed by atoms with E-state index in [9.17, 15) is 9.90 Å². The predicted octanol–water partition coefficient (Wildman–Crippen LogP) is 3.20. The maximum Gasteiger partial charge on any atom is 0.251 e. The Morgan fingerprint density at radius 3 is 2.40 bits per heavy atom. The molecule has 0 aliphatic heterocycles. The highest BCUT2D eigenvalue weighted by Crippen LogP contribution is 2.45. The first-order valence-electron chi connectivity index (χ1n) is 7.35. The quantitative estimate of drug-likeness (QED) is 0.613. The lowest BCUT2D eigenvalue weighted by molar-refractivity contribution is -0.118. The van der Waals surface area contributed by atoms with Gasteiger partial charge in [0, 0.05) is 12.1 Å². The van der Waals surface area contributed by atoms with Crippen molar-refractivity contribution < 1.29 is 9.90 Å². The van der Waals surface area contributed by atoms with Crippen molar-refractivity contribution in [1.29, 1.82) is 0 Å². The number of aliphatic hydroxyl groups excluding tert-OH is 1. The molecule has 1 amide bonds. The number of hydrogen-bond acceptors (Lipinski definition) is 2. The second-order valence-electron chi connectivity index (χ2n) is 7.51. The van der Waals surface area contributed by atoms with Crippen LogP contribution in [0.15, 0.2) is 23.8 Å². The van der Waals surface area contributed by atoms with Gasteiger partial charge in [0.15, 0.2) is 0 Å². The van der Waals surface area contributed by atoms with Crippen molar-refractivity contribution in [2.45, 2.75) is 60.0 Å². The molecule has 0 radical (unpaired) electrons. The van der Waals surface area contributed by atoms with Gasteiger partial charge in [-0.3, -0.25) is 4.79 Å². The fourth-order valence-electron chi connectivity index (χ4n) is 3.63. The van der Waals surface area contributed by atoms with E-state index < -0.39 is 0 Å². The van der Waals surface area contributed by atoms with Crippen LogP contribution in [0.2, 0.25) is 0 Å². The van der Waals surface area contributed by atoms with Crippen molar-refractivity contribution in [2.24, 2.45) is 10.8 Å². The Hall–Kier alpha value is -1.09. The van der Waals surface area contributed by atoms with Crippen molar-refractivity contribution in [3.05, 3.63) is 23.8 Å². The average Bonchev–Trinajstić information content (AvgIpc) is 2.23. The molecule has 1 fully saturated rings. The maximum atomic E-state index is 12.1. The van der Waals surface area contributed by atoms with E-state index in [-0.39, 0.29) is 22.8 Å². The van der Waals surface area contributed by atoms with Crippen molar-refractivity contribution >= 4 is 5.91 Å². The molecule has 0 saturated heterocycles. The maximum absolute atomic E-state index is 12.1. The molecule has 3 heteroatoms. The van der Waals surface area contributed by atoms with E-state index in [1.54, 1.807) is 6.08 Å². The zero-order valence-electron chi connectivity index (χ0n) is 13.5. The zero-order valence-corrected chi connectivity index (χ0v) is 13.5. The number of carbonyl (C=O) groups excluding carboxylic acids is 1. The SMILES string of the molecule is C=CC(C(=O)NCC1(C)CC(O)CC(C)(C)C1)=C(C)C. The van der Waals surface area contributed by atoms with Gasteiger partial charge >= 0.3 is 0 Å². The Morgan fingerprint density at radius 2 is 1.95 bits per heavy atom. The summed E-state index contributed by atoms with van der Waals surface area (Å²) in [5, 5.41) is 13.1. The minimum absolute atomic E-state index is 0.0508. The highest BCUT2D eigenvalue weighted by Gasteiger charge is 2.40. The molecule has 0 bridgehead atoms. The number of allylic oxidation sites excluding steroid dienone is 1. The zero-order chi connectivity index (χ0) is 15.6. The van der Waals surface area contributed by atoms with Gasteiger partial charge in [-0.05, 0) is 43.9 Å². The molecule has 0 aromatic carbocycles. The van der Waals surface area contributed by atoms with Crippen LogP contribution in [0.3, 0.4) is 0 Å². The number of nitrogens with one attached hydrogen (secondary N) is 1. The van der Waals surface area contributed by atoms with Gasteiger partial charge in [-0.1, -0.05) is 39.0 Å². The summed E-state index contributed by atoms with van der Waals surface area (Å²) in [6.45, 7) is 14.6. The fraction of sp³-hybridized carbons (Fsp3) is 0.706. The molecule has 1 rings (SSSR count). The highest BCUT2D eigenvalue weighted by molar-refractivity contribution is 5.96. The van der Waals surface area contributed by atoms with E-state index in [1.807, 2.05) is 13.8 Å². The number of carbonyl (C=O) groups is 1. The molecule has 1 saturated carbocycles. The molecule has 0 aromatic rings. The molecule has 3 nitrogen and oxygen atoms in total. The van der Waals surface area contributed by atoms with Gasteiger partial charge < -0.3 is 10.4 Å². The predicted molar refractivity (Wildman–Crippen MR) is 83.3 cm³/mol. The van der Waals surface area contributed by atoms with Crippen molar-refractivity contribution in [3.63, 3.8) is 0 Å². The molecule has 0 aromatic heterocycles. The Kier molecular flexibility index (Phi) is 5.20. The molecule has 0 heterocycles. The summed E-state index contributed by atoms with van der Waals surface area (Å²) in [5.41, 5.74) is 1.68. The fourth-order valence-corrected chi connectivity index (χ4v) is 3.63. The Labute approximate surface area is 123 Å². The molecule has 20 heavy (non-hydrogen) atoms. The number of aliphatic hydroxyl groups is 1. The van der Waals surface area contributed by atoms with E-state index >= 15 is 0 Å². The summed E-state index contributed by atoms with van der Waals surface area (Å²) >= 11 is 0. The van der Waals surface area contributed by atoms with Crippen LogP contribution in [0.25, 0.3) is 0 Å². The molecule has 2 unspecified atom stereocenters. The van der Waals surface area contributed by atoms with Crippen LogP contribution >= 0.6 is 0 Å².